The lowest BCUT2D eigenvalue weighted by molar-refractivity contribution is -0.137. The number of amides is 1. The van der Waals surface area contributed by atoms with Gasteiger partial charge in [-0.1, -0.05) is 13.8 Å². The van der Waals surface area contributed by atoms with Crippen LogP contribution in [-0.2, 0) is 11.0 Å². The first-order valence-electron chi connectivity index (χ1n) is 6.84. The summed E-state index contributed by atoms with van der Waals surface area (Å²) in [5.74, 6) is -1.27. The predicted molar refractivity (Wildman–Crippen MR) is 70.1 cm³/mol. The first kappa shape index (κ1) is 15.8. The van der Waals surface area contributed by atoms with E-state index in [1.54, 1.807) is 0 Å². The Hall–Kier alpha value is -1.59. The lowest BCUT2D eigenvalue weighted by atomic mass is 9.86. The summed E-state index contributed by atoms with van der Waals surface area (Å²) in [4.78, 5) is 11.6. The lowest BCUT2D eigenvalue weighted by Crippen LogP contribution is -2.29. The lowest BCUT2D eigenvalue weighted by Gasteiger charge is -2.22. The summed E-state index contributed by atoms with van der Waals surface area (Å²) >= 11 is 0. The zero-order valence-electron chi connectivity index (χ0n) is 11.8. The van der Waals surface area contributed by atoms with E-state index in [1.165, 1.54) is 0 Å². The summed E-state index contributed by atoms with van der Waals surface area (Å²) in [6, 6.07) is 2.26. The smallest absolute Gasteiger partial charge is 0.353 e. The van der Waals surface area contributed by atoms with Crippen LogP contribution in [0.3, 0.4) is 0 Å². The number of halogens is 4. The van der Waals surface area contributed by atoms with Crippen LogP contribution in [0.2, 0.25) is 0 Å². The topological polar surface area (TPSA) is 29.1 Å². The number of rotatable bonds is 3. The molecule has 0 aliphatic carbocycles. The molecule has 21 heavy (non-hydrogen) atoms. The molecule has 0 aromatic heterocycles. The van der Waals surface area contributed by atoms with Crippen molar-refractivity contribution in [2.24, 2.45) is 5.92 Å². The summed E-state index contributed by atoms with van der Waals surface area (Å²) in [6.07, 6.45) is -3.85. The normalized spacial score (nSPS) is 22.7. The summed E-state index contributed by atoms with van der Waals surface area (Å²) in [7, 11) is 0. The summed E-state index contributed by atoms with van der Waals surface area (Å²) in [5.41, 5.74) is -0.786. The number of hydrogen-bond donors (Lipinski definition) is 1. The van der Waals surface area contributed by atoms with Crippen LogP contribution in [0, 0.1) is 11.7 Å². The van der Waals surface area contributed by atoms with E-state index in [1.807, 2.05) is 13.8 Å². The molecular formula is C15H17F4NO. The van der Waals surface area contributed by atoms with Crippen molar-refractivity contribution >= 4 is 5.91 Å². The highest BCUT2D eigenvalue weighted by Crippen LogP contribution is 2.36. The van der Waals surface area contributed by atoms with Crippen LogP contribution < -0.4 is 5.32 Å². The van der Waals surface area contributed by atoms with Crippen molar-refractivity contribution in [1.82, 2.24) is 5.32 Å². The van der Waals surface area contributed by atoms with E-state index >= 15 is 0 Å². The maximum atomic E-state index is 13.5. The van der Waals surface area contributed by atoms with Crippen LogP contribution >= 0.6 is 0 Å². The van der Waals surface area contributed by atoms with Gasteiger partial charge in [0.05, 0.1) is 5.56 Å². The van der Waals surface area contributed by atoms with Gasteiger partial charge in [-0.15, -0.1) is 0 Å². The van der Waals surface area contributed by atoms with E-state index in [0.717, 1.165) is 12.1 Å². The van der Waals surface area contributed by atoms with Gasteiger partial charge in [-0.3, -0.25) is 4.79 Å². The third-order valence-corrected chi connectivity index (χ3v) is 3.64. The second-order valence-corrected chi connectivity index (χ2v) is 5.89. The molecule has 1 aliphatic rings. The molecule has 1 aromatic carbocycles. The fraction of sp³-hybridized carbons (Fsp3) is 0.533. The minimum Gasteiger partial charge on any atom is -0.353 e. The predicted octanol–water partition coefficient (Wildman–Crippen LogP) is 3.86. The summed E-state index contributed by atoms with van der Waals surface area (Å²) in [6.45, 7) is 3.93. The quantitative estimate of drug-likeness (QED) is 0.844. The zero-order chi connectivity index (χ0) is 15.8. The minimum atomic E-state index is -4.60. The van der Waals surface area contributed by atoms with Crippen molar-refractivity contribution in [2.45, 2.75) is 44.8 Å². The number of alkyl halides is 3. The molecule has 2 rings (SSSR count). The molecule has 0 spiro atoms. The van der Waals surface area contributed by atoms with E-state index in [-0.39, 0.29) is 29.9 Å². The Morgan fingerprint density at radius 2 is 1.95 bits per heavy atom. The van der Waals surface area contributed by atoms with E-state index in [9.17, 15) is 22.4 Å². The van der Waals surface area contributed by atoms with Gasteiger partial charge in [0.15, 0.2) is 0 Å². The monoisotopic (exact) mass is 303 g/mol. The van der Waals surface area contributed by atoms with Gasteiger partial charge in [-0.05, 0) is 36.1 Å². The molecule has 6 heteroatoms. The molecule has 2 unspecified atom stereocenters. The molecule has 1 heterocycles. The molecule has 2 atom stereocenters. The second kappa shape index (κ2) is 5.66. The Kier molecular flexibility index (Phi) is 4.25. The molecule has 2 nitrogen and oxygen atoms in total. The van der Waals surface area contributed by atoms with Crippen LogP contribution in [0.15, 0.2) is 18.2 Å². The van der Waals surface area contributed by atoms with Crippen LogP contribution in [-0.4, -0.2) is 11.9 Å². The molecule has 0 bridgehead atoms. The molecule has 116 valence electrons. The van der Waals surface area contributed by atoms with Crippen molar-refractivity contribution in [3.05, 3.63) is 35.1 Å². The molecular weight excluding hydrogens is 286 g/mol. The molecule has 1 amide bonds. The number of carbonyl (C=O) groups is 1. The van der Waals surface area contributed by atoms with Gasteiger partial charge in [-0.2, -0.15) is 13.2 Å². The molecule has 0 radical (unpaired) electrons. The molecule has 0 saturated carbocycles. The number of benzene rings is 1. The Bertz CT molecular complexity index is 539. The number of hydrogen-bond acceptors (Lipinski definition) is 1. The van der Waals surface area contributed by atoms with Gasteiger partial charge in [0, 0.05) is 18.4 Å². The van der Waals surface area contributed by atoms with Crippen molar-refractivity contribution in [2.75, 3.05) is 0 Å². The van der Waals surface area contributed by atoms with E-state index in [2.05, 4.69) is 5.32 Å². The Morgan fingerprint density at radius 3 is 2.52 bits per heavy atom. The number of carbonyl (C=O) groups excluding carboxylic acids is 1. The fourth-order valence-electron chi connectivity index (χ4n) is 2.78. The maximum absolute atomic E-state index is 13.5. The average Bonchev–Trinajstić information content (AvgIpc) is 2.67. The zero-order valence-corrected chi connectivity index (χ0v) is 11.8. The molecule has 1 aromatic rings. The van der Waals surface area contributed by atoms with Crippen molar-refractivity contribution in [3.63, 3.8) is 0 Å². The van der Waals surface area contributed by atoms with Gasteiger partial charge in [-0.25, -0.2) is 4.39 Å². The van der Waals surface area contributed by atoms with Crippen LogP contribution in [0.1, 0.15) is 43.7 Å². The first-order valence-corrected chi connectivity index (χ1v) is 6.84. The van der Waals surface area contributed by atoms with E-state index in [4.69, 9.17) is 0 Å². The third-order valence-electron chi connectivity index (χ3n) is 3.64. The average molecular weight is 303 g/mol. The fourth-order valence-corrected chi connectivity index (χ4v) is 2.78. The van der Waals surface area contributed by atoms with Gasteiger partial charge in [0.25, 0.3) is 0 Å². The van der Waals surface area contributed by atoms with Gasteiger partial charge >= 0.3 is 6.18 Å². The molecule has 1 aliphatic heterocycles. The SMILES string of the molecule is CC(C)CC1NC(=O)CC1c1cc(F)cc(C(F)(F)F)c1. The highest BCUT2D eigenvalue weighted by atomic mass is 19.4. The summed E-state index contributed by atoms with van der Waals surface area (Å²) in [5, 5.41) is 2.77. The van der Waals surface area contributed by atoms with E-state index in [0.29, 0.717) is 12.5 Å². The molecule has 1 fully saturated rings. The first-order chi connectivity index (χ1) is 9.66. The second-order valence-electron chi connectivity index (χ2n) is 5.89. The standard InChI is InChI=1S/C15H17F4NO/c1-8(2)3-13-12(7-14(21)20-13)9-4-10(15(17,18)19)6-11(16)5-9/h4-6,8,12-13H,3,7H2,1-2H3,(H,20,21). The highest BCUT2D eigenvalue weighted by Gasteiger charge is 2.36. The Morgan fingerprint density at radius 1 is 1.29 bits per heavy atom. The van der Waals surface area contributed by atoms with Gasteiger partial charge in [0.1, 0.15) is 5.82 Å². The van der Waals surface area contributed by atoms with Gasteiger partial charge in [0.2, 0.25) is 5.91 Å². The van der Waals surface area contributed by atoms with Gasteiger partial charge < -0.3 is 5.32 Å². The third kappa shape index (κ3) is 3.74. The van der Waals surface area contributed by atoms with Crippen molar-refractivity contribution < 1.29 is 22.4 Å². The van der Waals surface area contributed by atoms with Crippen LogP contribution in [0.25, 0.3) is 0 Å². The van der Waals surface area contributed by atoms with Crippen molar-refractivity contribution in [1.29, 1.82) is 0 Å². The van der Waals surface area contributed by atoms with Crippen LogP contribution in [0.4, 0.5) is 17.6 Å². The number of nitrogens with one attached hydrogen (secondary N) is 1. The van der Waals surface area contributed by atoms with Crippen LogP contribution in [0.5, 0.6) is 0 Å². The minimum absolute atomic E-state index is 0.0954. The highest BCUT2D eigenvalue weighted by molar-refractivity contribution is 5.80. The Balaban J connectivity index is 2.35. The largest absolute Gasteiger partial charge is 0.416 e. The van der Waals surface area contributed by atoms with Crippen molar-refractivity contribution in [3.8, 4) is 0 Å². The molecule has 1 N–H and O–H groups in total. The molecule has 1 saturated heterocycles. The Labute approximate surface area is 120 Å². The maximum Gasteiger partial charge on any atom is 0.416 e. The summed E-state index contributed by atoms with van der Waals surface area (Å²) < 4.78 is 51.8. The van der Waals surface area contributed by atoms with E-state index < -0.39 is 23.5 Å².